The predicted octanol–water partition coefficient (Wildman–Crippen LogP) is 6.45. The van der Waals surface area contributed by atoms with Crippen molar-refractivity contribution in [1.82, 2.24) is 15.2 Å². The van der Waals surface area contributed by atoms with Gasteiger partial charge in [-0.3, -0.25) is 24.4 Å². The molecule has 2 aliphatic rings. The van der Waals surface area contributed by atoms with Crippen LogP contribution < -0.4 is 10.2 Å². The number of carbonyl (C=O) groups excluding carboxylic acids is 2. The number of aromatic nitrogens is 1. The molecule has 0 bridgehead atoms. The maximum absolute atomic E-state index is 14.2. The Hall–Kier alpha value is -3.61. The number of likely N-dealkylation sites (tertiary alicyclic amines) is 1. The van der Waals surface area contributed by atoms with E-state index >= 15 is 0 Å². The lowest BCUT2D eigenvalue weighted by atomic mass is 9.88. The lowest BCUT2D eigenvalue weighted by Crippen LogP contribution is -2.62. The Morgan fingerprint density at radius 1 is 1.12 bits per heavy atom. The van der Waals surface area contributed by atoms with Gasteiger partial charge in [0.05, 0.1) is 6.20 Å². The van der Waals surface area contributed by atoms with E-state index in [4.69, 9.17) is 0 Å². The van der Waals surface area contributed by atoms with Gasteiger partial charge in [0.1, 0.15) is 22.8 Å². The number of benzene rings is 1. The zero-order valence-electron chi connectivity index (χ0n) is 21.4. The van der Waals surface area contributed by atoms with Gasteiger partial charge in [0.25, 0.3) is 5.91 Å². The Kier molecular flexibility index (Phi) is 7.21. The summed E-state index contributed by atoms with van der Waals surface area (Å²) in [6, 6.07) is -1.65. The molecule has 1 aliphatic carbocycles. The molecule has 224 valence electrons. The van der Waals surface area contributed by atoms with Gasteiger partial charge in [0.15, 0.2) is 6.19 Å². The van der Waals surface area contributed by atoms with E-state index in [9.17, 15) is 47.5 Å². The van der Waals surface area contributed by atoms with Gasteiger partial charge in [-0.25, -0.2) is 13.2 Å². The van der Waals surface area contributed by atoms with Gasteiger partial charge in [-0.1, -0.05) is 26.4 Å². The quantitative estimate of drug-likeness (QED) is 0.287. The van der Waals surface area contributed by atoms with Gasteiger partial charge in [0.2, 0.25) is 11.8 Å². The molecule has 2 amide bonds. The van der Waals surface area contributed by atoms with Crippen LogP contribution in [0.15, 0.2) is 47.6 Å². The van der Waals surface area contributed by atoms with Crippen molar-refractivity contribution in [2.45, 2.75) is 61.6 Å². The fraction of sp³-hybridized carbons (Fsp3) is 0.440. The third-order valence-electron chi connectivity index (χ3n) is 7.15. The van der Waals surface area contributed by atoms with E-state index in [1.807, 2.05) is 0 Å². The molecule has 1 saturated heterocycles. The lowest BCUT2D eigenvalue weighted by molar-refractivity contribution is -0.133. The minimum Gasteiger partial charge on any atom is -0.351 e. The van der Waals surface area contributed by atoms with Crippen LogP contribution in [-0.4, -0.2) is 46.2 Å². The number of rotatable bonds is 7. The van der Waals surface area contributed by atoms with Crippen molar-refractivity contribution >= 4 is 27.7 Å². The number of hydrogen-bond donors (Lipinski definition) is 1. The van der Waals surface area contributed by atoms with Gasteiger partial charge in [-0.15, -0.1) is 0 Å². The number of pyridine rings is 1. The molecule has 2 aromatic rings. The van der Waals surface area contributed by atoms with E-state index in [1.165, 1.54) is 0 Å². The van der Waals surface area contributed by atoms with E-state index in [-0.39, 0.29) is 37.1 Å². The Morgan fingerprint density at radius 3 is 2.24 bits per heavy atom. The van der Waals surface area contributed by atoms with E-state index in [0.29, 0.717) is 17.0 Å². The van der Waals surface area contributed by atoms with Crippen molar-refractivity contribution < 1.29 is 42.2 Å². The average molecular weight is 612 g/mol. The second-order valence-corrected chi connectivity index (χ2v) is 12.7. The number of carbonyl (C=O) groups is 2. The molecule has 2 heterocycles. The van der Waals surface area contributed by atoms with Crippen LogP contribution in [0.3, 0.4) is 0 Å². The summed E-state index contributed by atoms with van der Waals surface area (Å²) >= 11 is 0. The molecule has 41 heavy (non-hydrogen) atoms. The third kappa shape index (κ3) is 6.66. The minimum atomic E-state index is -10.1. The molecule has 1 aromatic heterocycles. The molecule has 0 spiro atoms. The maximum Gasteiger partial charge on any atom is 0.310 e. The van der Waals surface area contributed by atoms with Crippen molar-refractivity contribution in [1.29, 1.82) is 5.26 Å². The zero-order chi connectivity index (χ0) is 30.4. The summed E-state index contributed by atoms with van der Waals surface area (Å²) in [4.78, 5) is 30.7. The highest BCUT2D eigenvalue weighted by Gasteiger charge is 2.65. The molecule has 3 atom stereocenters. The summed E-state index contributed by atoms with van der Waals surface area (Å²) in [6.07, 6.45) is 2.31. The van der Waals surface area contributed by atoms with Crippen molar-refractivity contribution in [3.8, 4) is 6.19 Å². The second-order valence-electron chi connectivity index (χ2n) is 10.3. The molecule has 0 radical (unpaired) electrons. The average Bonchev–Trinajstić information content (AvgIpc) is 2.85. The summed E-state index contributed by atoms with van der Waals surface area (Å²) in [5, 5.41) is 12.0. The summed E-state index contributed by atoms with van der Waals surface area (Å²) in [6.45, 7) is 1.76. The fourth-order valence-electron chi connectivity index (χ4n) is 5.04. The van der Waals surface area contributed by atoms with E-state index in [1.54, 1.807) is 13.1 Å². The van der Waals surface area contributed by atoms with Gasteiger partial charge < -0.3 is 5.32 Å². The van der Waals surface area contributed by atoms with E-state index in [2.05, 4.69) is 10.3 Å². The molecular formula is C25H25F8N5O2S. The second kappa shape index (κ2) is 9.74. The smallest absolute Gasteiger partial charge is 0.310 e. The number of alkyl halides is 2. The van der Waals surface area contributed by atoms with Crippen molar-refractivity contribution in [3.63, 3.8) is 0 Å². The molecule has 4 rings (SSSR count). The first-order valence-electron chi connectivity index (χ1n) is 12.4. The monoisotopic (exact) mass is 611 g/mol. The zero-order valence-corrected chi connectivity index (χ0v) is 22.2. The Bertz CT molecular complexity index is 1370. The van der Waals surface area contributed by atoms with Crippen molar-refractivity contribution in [2.75, 3.05) is 11.4 Å². The number of nitriles is 1. The lowest BCUT2D eigenvalue weighted by Gasteiger charge is -2.45. The largest absolute Gasteiger partial charge is 0.351 e. The summed E-state index contributed by atoms with van der Waals surface area (Å²) in [5.74, 6) is -6.26. The minimum absolute atomic E-state index is 0.0610. The van der Waals surface area contributed by atoms with Crippen LogP contribution >= 0.6 is 10.2 Å². The molecular weight excluding hydrogens is 586 g/mol. The molecule has 1 unspecified atom stereocenters. The number of nitrogens with zero attached hydrogens (tertiary/aromatic N) is 4. The standard InChI is InChI=1S/C25H25F8N5O2S/c1-15-13-37(14-34)21(15)24(40)38(19-2-4-20(5-3-19)41(29,30,31,32)33)22(16-10-17(26)12-35-11-16)23(39)36-18-6-8-25(27,28)9-7-18/h2-5,10-12,15,18,21-22H,6-9,13H2,1H3,(H,36,39)/t15-,21-,22?/m1/s1. The van der Waals surface area contributed by atoms with Crippen LogP contribution in [0.25, 0.3) is 0 Å². The highest BCUT2D eigenvalue weighted by molar-refractivity contribution is 8.45. The van der Waals surface area contributed by atoms with E-state index in [0.717, 1.165) is 23.4 Å². The number of amides is 2. The van der Waals surface area contributed by atoms with Gasteiger partial charge >= 0.3 is 10.2 Å². The molecule has 16 heteroatoms. The summed E-state index contributed by atoms with van der Waals surface area (Å²) in [5.41, 5.74) is -0.665. The Morgan fingerprint density at radius 2 is 1.73 bits per heavy atom. The number of nitrogens with one attached hydrogen (secondary N) is 1. The van der Waals surface area contributed by atoms with Crippen LogP contribution in [0.5, 0.6) is 0 Å². The Balaban J connectivity index is 1.81. The van der Waals surface area contributed by atoms with Gasteiger partial charge in [-0.05, 0) is 43.2 Å². The van der Waals surface area contributed by atoms with Gasteiger partial charge in [-0.2, -0.15) is 5.26 Å². The highest BCUT2D eigenvalue weighted by Crippen LogP contribution is 3.02. The van der Waals surface area contributed by atoms with Gasteiger partial charge in [0, 0.05) is 48.8 Å². The highest BCUT2D eigenvalue weighted by atomic mass is 32.5. The van der Waals surface area contributed by atoms with Crippen LogP contribution in [0.4, 0.5) is 38.3 Å². The van der Waals surface area contributed by atoms with Crippen LogP contribution in [0, 0.1) is 23.2 Å². The summed E-state index contributed by atoms with van der Waals surface area (Å²) in [7, 11) is -10.1. The molecule has 1 aliphatic heterocycles. The fourth-order valence-corrected chi connectivity index (χ4v) is 5.69. The normalized spacial score (nSPS) is 23.3. The SMILES string of the molecule is C[C@@H]1CN(C#N)[C@H]1C(=O)N(c1ccc(S(F)(F)(F)(F)F)cc1)C(C(=O)NC1CCC(F)(F)CC1)c1cncc(F)c1. The Labute approximate surface area is 229 Å². The molecule has 7 nitrogen and oxygen atoms in total. The van der Waals surface area contributed by atoms with Crippen molar-refractivity contribution in [3.05, 3.63) is 54.1 Å². The van der Waals surface area contributed by atoms with Crippen LogP contribution in [0.1, 0.15) is 44.2 Å². The van der Waals surface area contributed by atoms with Crippen LogP contribution in [0.2, 0.25) is 0 Å². The molecule has 1 N–H and O–H groups in total. The molecule has 1 aromatic carbocycles. The molecule has 2 fully saturated rings. The van der Waals surface area contributed by atoms with Crippen molar-refractivity contribution in [2.24, 2.45) is 5.92 Å². The predicted molar refractivity (Wildman–Crippen MR) is 133 cm³/mol. The number of anilines is 1. The molecule has 1 saturated carbocycles. The number of halogens is 8. The first kappa shape index (κ1) is 30.4. The summed E-state index contributed by atoms with van der Waals surface area (Å²) < 4.78 is 109. The van der Waals surface area contributed by atoms with Crippen LogP contribution in [-0.2, 0) is 9.59 Å². The van der Waals surface area contributed by atoms with E-state index < -0.39 is 81.2 Å². The third-order valence-corrected chi connectivity index (χ3v) is 8.31. The topological polar surface area (TPSA) is 89.3 Å². The first-order chi connectivity index (χ1) is 18.8. The first-order valence-corrected chi connectivity index (χ1v) is 14.4. The maximum atomic E-state index is 14.2. The number of hydrogen-bond acceptors (Lipinski definition) is 5.